The summed E-state index contributed by atoms with van der Waals surface area (Å²) in [5.74, 6) is -2.10. The maximum atomic E-state index is 13.1. The van der Waals surface area contributed by atoms with Crippen LogP contribution >= 0.6 is 0 Å². The van der Waals surface area contributed by atoms with E-state index in [2.05, 4.69) is 10.6 Å². The summed E-state index contributed by atoms with van der Waals surface area (Å²) >= 11 is 0. The van der Waals surface area contributed by atoms with E-state index in [1.165, 1.54) is 6.07 Å². The molecule has 8 heteroatoms. The second-order valence-electron chi connectivity index (χ2n) is 6.11. The minimum Gasteiger partial charge on any atom is -0.497 e. The Morgan fingerprint density at radius 2 is 1.74 bits per heavy atom. The molecule has 0 aliphatic carbocycles. The molecule has 0 fully saturated rings. The fraction of sp³-hybridized carbons (Fsp3) is 0.263. The first kappa shape index (κ1) is 20.3. The molecule has 2 aromatic rings. The molecule has 0 saturated heterocycles. The molecule has 0 aromatic heterocycles. The minimum absolute atomic E-state index is 0.121. The van der Waals surface area contributed by atoms with Gasteiger partial charge in [0.15, 0.2) is 18.2 Å². The van der Waals surface area contributed by atoms with E-state index in [0.29, 0.717) is 6.54 Å². The molecule has 6 nitrogen and oxygen atoms in total. The molecule has 144 valence electrons. The van der Waals surface area contributed by atoms with Crippen molar-refractivity contribution < 1.29 is 28.0 Å². The van der Waals surface area contributed by atoms with Crippen molar-refractivity contribution in [3.05, 3.63) is 59.7 Å². The van der Waals surface area contributed by atoms with Crippen LogP contribution in [0.4, 0.5) is 14.5 Å². The van der Waals surface area contributed by atoms with Crippen molar-refractivity contribution in [1.82, 2.24) is 5.32 Å². The molecule has 3 N–H and O–H groups in total. The van der Waals surface area contributed by atoms with E-state index in [1.807, 2.05) is 31.3 Å². The van der Waals surface area contributed by atoms with Crippen LogP contribution in [-0.2, 0) is 16.1 Å². The van der Waals surface area contributed by atoms with Gasteiger partial charge in [-0.15, -0.1) is 0 Å². The zero-order valence-electron chi connectivity index (χ0n) is 15.1. The average Bonchev–Trinajstić information content (AvgIpc) is 2.63. The van der Waals surface area contributed by atoms with Gasteiger partial charge < -0.3 is 20.3 Å². The molecule has 1 unspecified atom stereocenters. The zero-order valence-corrected chi connectivity index (χ0v) is 15.1. The second-order valence-corrected chi connectivity index (χ2v) is 6.11. The summed E-state index contributed by atoms with van der Waals surface area (Å²) in [6, 6.07) is 10.6. The standard InChI is InChI=1S/C19H21F2N3O3/c1-24(11-13-3-6-15(27-2)7-4-13)12-19(26)22-10-18(25)23-14-5-8-16(20)17(21)9-14/h3-9H,10-12H2,1-2H3,(H,22,26)(H,23,25)/p+1. The molecule has 0 aliphatic heterocycles. The van der Waals surface area contributed by atoms with Gasteiger partial charge in [-0.05, 0) is 36.4 Å². The van der Waals surface area contributed by atoms with Crippen LogP contribution in [0.1, 0.15) is 5.56 Å². The number of amides is 2. The number of hydrogen-bond donors (Lipinski definition) is 3. The van der Waals surface area contributed by atoms with Crippen molar-refractivity contribution in [3.8, 4) is 5.75 Å². The minimum atomic E-state index is -1.06. The van der Waals surface area contributed by atoms with Crippen LogP contribution in [0.15, 0.2) is 42.5 Å². The first-order chi connectivity index (χ1) is 12.9. The van der Waals surface area contributed by atoms with Crippen molar-refractivity contribution in [1.29, 1.82) is 0 Å². The number of benzene rings is 2. The smallest absolute Gasteiger partial charge is 0.275 e. The zero-order chi connectivity index (χ0) is 19.8. The van der Waals surface area contributed by atoms with Gasteiger partial charge in [0.25, 0.3) is 5.91 Å². The van der Waals surface area contributed by atoms with E-state index < -0.39 is 17.5 Å². The number of anilines is 1. The molecule has 0 bridgehead atoms. The predicted molar refractivity (Wildman–Crippen MR) is 96.4 cm³/mol. The van der Waals surface area contributed by atoms with Crippen molar-refractivity contribution >= 4 is 17.5 Å². The molecular formula is C19H22F2N3O3+. The van der Waals surface area contributed by atoms with E-state index in [9.17, 15) is 18.4 Å². The number of halogens is 2. The summed E-state index contributed by atoms with van der Waals surface area (Å²) < 4.78 is 31.1. The monoisotopic (exact) mass is 378 g/mol. The summed E-state index contributed by atoms with van der Waals surface area (Å²) in [6.45, 7) is 0.566. The highest BCUT2D eigenvalue weighted by Crippen LogP contribution is 2.12. The van der Waals surface area contributed by atoms with Crippen molar-refractivity contribution in [2.45, 2.75) is 6.54 Å². The Hall–Kier alpha value is -3.00. The van der Waals surface area contributed by atoms with E-state index >= 15 is 0 Å². The lowest BCUT2D eigenvalue weighted by Gasteiger charge is -2.14. The number of quaternary nitrogens is 1. The molecule has 2 rings (SSSR count). The first-order valence-electron chi connectivity index (χ1n) is 8.33. The Kier molecular flexibility index (Phi) is 7.25. The fourth-order valence-electron chi connectivity index (χ4n) is 2.45. The van der Waals surface area contributed by atoms with E-state index in [-0.39, 0.29) is 24.7 Å². The number of nitrogens with one attached hydrogen (secondary N) is 3. The van der Waals surface area contributed by atoms with Gasteiger partial charge in [-0.1, -0.05) is 0 Å². The van der Waals surface area contributed by atoms with Crippen LogP contribution in [0.3, 0.4) is 0 Å². The van der Waals surface area contributed by atoms with Crippen molar-refractivity contribution in [2.75, 3.05) is 32.6 Å². The number of likely N-dealkylation sites (N-methyl/N-ethyl adjacent to an activating group) is 1. The molecule has 0 aliphatic rings. The number of hydrogen-bond acceptors (Lipinski definition) is 3. The summed E-state index contributed by atoms with van der Waals surface area (Å²) in [7, 11) is 3.46. The van der Waals surface area contributed by atoms with Gasteiger partial charge in [0.1, 0.15) is 12.3 Å². The molecular weight excluding hydrogens is 356 g/mol. The predicted octanol–water partition coefficient (Wildman–Crippen LogP) is 0.743. The number of rotatable bonds is 8. The normalized spacial score (nSPS) is 11.6. The van der Waals surface area contributed by atoms with Gasteiger partial charge in [0, 0.05) is 17.3 Å². The van der Waals surface area contributed by atoms with Gasteiger partial charge in [-0.2, -0.15) is 0 Å². The van der Waals surface area contributed by atoms with Gasteiger partial charge in [-0.3, -0.25) is 9.59 Å². The van der Waals surface area contributed by atoms with Crippen molar-refractivity contribution in [2.24, 2.45) is 0 Å². The second kappa shape index (κ2) is 9.63. The molecule has 0 saturated carbocycles. The lowest BCUT2D eigenvalue weighted by atomic mass is 10.2. The van der Waals surface area contributed by atoms with Crippen LogP contribution in [0, 0.1) is 11.6 Å². The molecule has 27 heavy (non-hydrogen) atoms. The van der Waals surface area contributed by atoms with E-state index in [4.69, 9.17) is 4.74 Å². The fourth-order valence-corrected chi connectivity index (χ4v) is 2.45. The summed E-state index contributed by atoms with van der Waals surface area (Å²) in [4.78, 5) is 24.7. The van der Waals surface area contributed by atoms with Crippen LogP contribution in [0.5, 0.6) is 5.75 Å². The van der Waals surface area contributed by atoms with Gasteiger partial charge >= 0.3 is 0 Å². The highest BCUT2D eigenvalue weighted by atomic mass is 19.2. The third-order valence-corrected chi connectivity index (χ3v) is 3.78. The third kappa shape index (κ3) is 6.67. The highest BCUT2D eigenvalue weighted by molar-refractivity contribution is 5.94. The van der Waals surface area contributed by atoms with Gasteiger partial charge in [-0.25, -0.2) is 8.78 Å². The number of carbonyl (C=O) groups is 2. The van der Waals surface area contributed by atoms with E-state index in [1.54, 1.807) is 7.11 Å². The largest absolute Gasteiger partial charge is 0.497 e. The number of carbonyl (C=O) groups excluding carboxylic acids is 2. The Labute approximate surface area is 156 Å². The number of ether oxygens (including phenoxy) is 1. The van der Waals surface area contributed by atoms with Gasteiger partial charge in [0.2, 0.25) is 5.91 Å². The van der Waals surface area contributed by atoms with Crippen LogP contribution < -0.4 is 20.3 Å². The topological polar surface area (TPSA) is 71.9 Å². The summed E-state index contributed by atoms with van der Waals surface area (Å²) in [5, 5.41) is 4.89. The van der Waals surface area contributed by atoms with Crippen molar-refractivity contribution in [3.63, 3.8) is 0 Å². The van der Waals surface area contributed by atoms with Crippen LogP contribution in [0.25, 0.3) is 0 Å². The van der Waals surface area contributed by atoms with Crippen LogP contribution in [0.2, 0.25) is 0 Å². The Morgan fingerprint density at radius 3 is 2.37 bits per heavy atom. The maximum Gasteiger partial charge on any atom is 0.275 e. The average molecular weight is 378 g/mol. The SMILES string of the molecule is COc1ccc(C[NH+](C)CC(=O)NCC(=O)Nc2ccc(F)c(F)c2)cc1. The molecule has 2 amide bonds. The summed E-state index contributed by atoms with van der Waals surface area (Å²) in [5.41, 5.74) is 1.17. The molecule has 2 aromatic carbocycles. The maximum absolute atomic E-state index is 13.1. The van der Waals surface area contributed by atoms with E-state index in [0.717, 1.165) is 28.3 Å². The lowest BCUT2D eigenvalue weighted by Crippen LogP contribution is -3.08. The van der Waals surface area contributed by atoms with Crippen LogP contribution in [-0.4, -0.2) is 39.1 Å². The lowest BCUT2D eigenvalue weighted by molar-refractivity contribution is -0.885. The molecule has 0 heterocycles. The Morgan fingerprint density at radius 1 is 1.04 bits per heavy atom. The quantitative estimate of drug-likeness (QED) is 0.635. The Bertz CT molecular complexity index is 797. The summed E-state index contributed by atoms with van der Waals surface area (Å²) in [6.07, 6.45) is 0. The molecule has 1 atom stereocenters. The number of methoxy groups -OCH3 is 1. The first-order valence-corrected chi connectivity index (χ1v) is 8.33. The van der Waals surface area contributed by atoms with Gasteiger partial charge in [0.05, 0.1) is 20.7 Å². The third-order valence-electron chi connectivity index (χ3n) is 3.78. The highest BCUT2D eigenvalue weighted by Gasteiger charge is 2.12. The molecule has 0 radical (unpaired) electrons. The molecule has 0 spiro atoms. The Balaban J connectivity index is 1.73.